The number of nitrogens with one attached hydrogen (secondary N) is 1. The number of nitrogens with zero attached hydrogens (tertiary/aromatic N) is 1. The van der Waals surface area contributed by atoms with E-state index in [2.05, 4.69) is 29.6 Å². The van der Waals surface area contributed by atoms with Crippen LogP contribution in [0.1, 0.15) is 44.7 Å². The second-order valence-corrected chi connectivity index (χ2v) is 9.43. The standard InChI is InChI=1S/C33H28N2O4/c36-33(39-20-23-10-4-1-5-11-23)27-18-16-26(17-19-27)30(31-34-28(21-37-31)24-12-6-2-7-13-24)32-35-29(22-38-32)25-14-8-3-9-15-25/h1-19,28-29,34H,20-22H2/b31-30+/t28-,29-/m1/s1. The van der Waals surface area contributed by atoms with E-state index < -0.39 is 0 Å². The molecule has 39 heavy (non-hydrogen) atoms. The highest BCUT2D eigenvalue weighted by Gasteiger charge is 2.31. The molecule has 0 spiro atoms. The van der Waals surface area contributed by atoms with Crippen LogP contribution in [0.3, 0.4) is 0 Å². The molecule has 0 unspecified atom stereocenters. The molecular weight excluding hydrogens is 488 g/mol. The van der Waals surface area contributed by atoms with Crippen LogP contribution in [0.15, 0.2) is 126 Å². The van der Waals surface area contributed by atoms with Crippen LogP contribution < -0.4 is 5.32 Å². The monoisotopic (exact) mass is 516 g/mol. The SMILES string of the molecule is O=C(OCc1ccccc1)c1ccc(/C(C2=N[C@@H](c3ccccc3)CO2)=C2/N[C@@H](c3ccccc3)CO2)cc1. The van der Waals surface area contributed by atoms with Crippen molar-refractivity contribution in [1.82, 2.24) is 5.32 Å². The fourth-order valence-corrected chi connectivity index (χ4v) is 4.71. The lowest BCUT2D eigenvalue weighted by Crippen LogP contribution is -2.17. The summed E-state index contributed by atoms with van der Waals surface area (Å²) in [6.07, 6.45) is 0. The number of carbonyl (C=O) groups excluding carboxylic acids is 1. The van der Waals surface area contributed by atoms with Crippen molar-refractivity contribution in [3.8, 4) is 0 Å². The summed E-state index contributed by atoms with van der Waals surface area (Å²) in [5, 5.41) is 3.52. The fraction of sp³-hybridized carbons (Fsp3) is 0.152. The minimum Gasteiger partial charge on any atom is -0.476 e. The Hall–Kier alpha value is -4.84. The van der Waals surface area contributed by atoms with Crippen LogP contribution in [0.4, 0.5) is 0 Å². The van der Waals surface area contributed by atoms with Gasteiger partial charge in [-0.3, -0.25) is 0 Å². The summed E-state index contributed by atoms with van der Waals surface area (Å²) >= 11 is 0. The van der Waals surface area contributed by atoms with Gasteiger partial charge in [-0.1, -0.05) is 103 Å². The highest BCUT2D eigenvalue weighted by Crippen LogP contribution is 2.33. The van der Waals surface area contributed by atoms with Crippen molar-refractivity contribution in [1.29, 1.82) is 0 Å². The maximum atomic E-state index is 12.7. The first-order valence-corrected chi connectivity index (χ1v) is 13.0. The maximum absolute atomic E-state index is 12.7. The van der Waals surface area contributed by atoms with Gasteiger partial charge >= 0.3 is 5.97 Å². The van der Waals surface area contributed by atoms with E-state index in [1.54, 1.807) is 12.1 Å². The van der Waals surface area contributed by atoms with Crippen molar-refractivity contribution in [2.45, 2.75) is 18.7 Å². The average molecular weight is 517 g/mol. The summed E-state index contributed by atoms with van der Waals surface area (Å²) in [4.78, 5) is 17.6. The molecule has 6 nitrogen and oxygen atoms in total. The maximum Gasteiger partial charge on any atom is 0.338 e. The fourth-order valence-electron chi connectivity index (χ4n) is 4.71. The van der Waals surface area contributed by atoms with Gasteiger partial charge in [0.2, 0.25) is 11.8 Å². The molecule has 2 heterocycles. The number of benzene rings is 4. The normalized spacial score (nSPS) is 19.3. The van der Waals surface area contributed by atoms with Gasteiger partial charge in [-0.2, -0.15) is 0 Å². The van der Waals surface area contributed by atoms with Gasteiger partial charge in [0.1, 0.15) is 31.4 Å². The zero-order chi connectivity index (χ0) is 26.4. The van der Waals surface area contributed by atoms with E-state index in [4.69, 9.17) is 19.2 Å². The van der Waals surface area contributed by atoms with E-state index in [0.29, 0.717) is 30.6 Å². The summed E-state index contributed by atoms with van der Waals surface area (Å²) in [6.45, 7) is 1.16. The third-order valence-corrected chi connectivity index (χ3v) is 6.80. The van der Waals surface area contributed by atoms with Crippen molar-refractivity contribution in [2.24, 2.45) is 4.99 Å². The van der Waals surface area contributed by atoms with Gasteiger partial charge in [0.15, 0.2) is 0 Å². The Kier molecular flexibility index (Phi) is 7.08. The molecule has 6 heteroatoms. The van der Waals surface area contributed by atoms with Crippen LogP contribution in [0.25, 0.3) is 5.57 Å². The molecule has 0 saturated carbocycles. The molecule has 0 radical (unpaired) electrons. The Bertz CT molecular complexity index is 1480. The summed E-state index contributed by atoms with van der Waals surface area (Å²) < 4.78 is 17.8. The van der Waals surface area contributed by atoms with Gasteiger partial charge in [-0.25, -0.2) is 9.79 Å². The zero-order valence-electron chi connectivity index (χ0n) is 21.3. The largest absolute Gasteiger partial charge is 0.476 e. The topological polar surface area (TPSA) is 69.2 Å². The van der Waals surface area contributed by atoms with Crippen LogP contribution in [-0.4, -0.2) is 25.1 Å². The summed E-state index contributed by atoms with van der Waals surface area (Å²) in [5.74, 6) is 0.743. The minimum absolute atomic E-state index is 0.00959. The second-order valence-electron chi connectivity index (χ2n) is 9.43. The molecule has 2 atom stereocenters. The Labute approximate surface area is 227 Å². The van der Waals surface area contributed by atoms with Crippen LogP contribution in [0, 0.1) is 0 Å². The molecule has 1 N–H and O–H groups in total. The van der Waals surface area contributed by atoms with E-state index in [1.165, 1.54) is 0 Å². The number of esters is 1. The molecule has 0 amide bonds. The first-order chi connectivity index (χ1) is 19.2. The van der Waals surface area contributed by atoms with Crippen LogP contribution in [0.2, 0.25) is 0 Å². The molecule has 194 valence electrons. The summed E-state index contributed by atoms with van der Waals surface area (Å²) in [5.41, 5.74) is 5.21. The highest BCUT2D eigenvalue weighted by atomic mass is 16.5. The van der Waals surface area contributed by atoms with Gasteiger partial charge in [-0.15, -0.1) is 0 Å². The number of aliphatic imine (C=N–C) groups is 1. The average Bonchev–Trinajstić information content (AvgIpc) is 3.69. The number of rotatable bonds is 7. The van der Waals surface area contributed by atoms with E-state index in [1.807, 2.05) is 78.9 Å². The van der Waals surface area contributed by atoms with Crippen LogP contribution >= 0.6 is 0 Å². The summed E-state index contributed by atoms with van der Waals surface area (Å²) in [7, 11) is 0. The molecule has 1 saturated heterocycles. The number of hydrogen-bond donors (Lipinski definition) is 1. The highest BCUT2D eigenvalue weighted by molar-refractivity contribution is 6.20. The van der Waals surface area contributed by atoms with Crippen molar-refractivity contribution < 1.29 is 19.0 Å². The molecule has 2 aliphatic rings. The number of ether oxygens (including phenoxy) is 3. The molecule has 4 aromatic rings. The lowest BCUT2D eigenvalue weighted by molar-refractivity contribution is 0.0472. The van der Waals surface area contributed by atoms with Crippen molar-refractivity contribution in [2.75, 3.05) is 13.2 Å². The zero-order valence-corrected chi connectivity index (χ0v) is 21.3. The van der Waals surface area contributed by atoms with Crippen molar-refractivity contribution in [3.63, 3.8) is 0 Å². The van der Waals surface area contributed by atoms with Crippen molar-refractivity contribution in [3.05, 3.63) is 149 Å². The van der Waals surface area contributed by atoms with E-state index in [0.717, 1.165) is 27.8 Å². The predicted molar refractivity (Wildman–Crippen MR) is 150 cm³/mol. The van der Waals surface area contributed by atoms with Crippen molar-refractivity contribution >= 4 is 17.4 Å². The minimum atomic E-state index is -0.377. The number of hydrogen-bond acceptors (Lipinski definition) is 6. The smallest absolute Gasteiger partial charge is 0.338 e. The van der Waals surface area contributed by atoms with E-state index in [-0.39, 0.29) is 24.7 Å². The van der Waals surface area contributed by atoms with E-state index in [9.17, 15) is 4.79 Å². The van der Waals surface area contributed by atoms with Crippen LogP contribution in [0.5, 0.6) is 0 Å². The first-order valence-electron chi connectivity index (χ1n) is 13.0. The molecule has 0 bridgehead atoms. The number of carbonyl (C=O) groups is 1. The van der Waals surface area contributed by atoms with Gasteiger partial charge in [-0.05, 0) is 34.4 Å². The third-order valence-electron chi connectivity index (χ3n) is 6.80. The molecule has 4 aromatic carbocycles. The lowest BCUT2D eigenvalue weighted by Gasteiger charge is -2.13. The van der Waals surface area contributed by atoms with E-state index >= 15 is 0 Å². The Morgan fingerprint density at radius 1 is 0.744 bits per heavy atom. The quantitative estimate of drug-likeness (QED) is 0.294. The molecule has 0 aromatic heterocycles. The first kappa shape index (κ1) is 24.5. The third kappa shape index (κ3) is 5.55. The predicted octanol–water partition coefficient (Wildman–Crippen LogP) is 6.24. The summed E-state index contributed by atoms with van der Waals surface area (Å²) in [6, 6.07) is 37.1. The van der Waals surface area contributed by atoms with Gasteiger partial charge in [0.25, 0.3) is 0 Å². The molecule has 1 fully saturated rings. The Morgan fingerprint density at radius 3 is 2.05 bits per heavy atom. The second kappa shape index (κ2) is 11.3. The van der Waals surface area contributed by atoms with Crippen LogP contribution in [-0.2, 0) is 20.8 Å². The molecule has 0 aliphatic carbocycles. The Balaban J connectivity index is 1.28. The molecule has 6 rings (SSSR count). The van der Waals surface area contributed by atoms with Gasteiger partial charge in [0.05, 0.1) is 11.6 Å². The van der Waals surface area contributed by atoms with Gasteiger partial charge in [0, 0.05) is 0 Å². The Morgan fingerprint density at radius 2 is 1.36 bits per heavy atom. The van der Waals surface area contributed by atoms with Gasteiger partial charge < -0.3 is 19.5 Å². The molecular formula is C33H28N2O4. The molecule has 2 aliphatic heterocycles. The lowest BCUT2D eigenvalue weighted by atomic mass is 10.0.